The SMILES string of the molecule is CC(COc1ccc(F)cc1-c1cc(C(C)(C)C)cc(-n2c3ccc(C(C)(C)C)cc3c3cc(C(C)(C)C)ccc32)c1O)COc1ccc(F)cc1-c1cc(C(C)(C)C)cc(-n2c3ccc(C(C)(C)C)cc3c3cc(C(C)(C)C)ccc32)c1O. The van der Waals surface area contributed by atoms with Crippen LogP contribution in [0.5, 0.6) is 23.0 Å². The van der Waals surface area contributed by atoms with Gasteiger partial charge in [-0.15, -0.1) is 0 Å². The maximum absolute atomic E-state index is 15.7. The summed E-state index contributed by atoms with van der Waals surface area (Å²) in [4.78, 5) is 0. The van der Waals surface area contributed by atoms with Crippen molar-refractivity contribution in [2.45, 2.75) is 164 Å². The van der Waals surface area contributed by atoms with E-state index < -0.39 is 11.6 Å². The molecular formula is C76H86F2N2O4. The normalized spacial score (nSPS) is 13.1. The number of benzene rings is 8. The zero-order valence-electron chi connectivity index (χ0n) is 53.1. The van der Waals surface area contributed by atoms with Crippen LogP contribution in [0, 0.1) is 17.6 Å². The molecule has 0 atom stereocenters. The molecule has 6 nitrogen and oxygen atoms in total. The number of ether oxygens (including phenoxy) is 2. The highest BCUT2D eigenvalue weighted by Gasteiger charge is 2.30. The van der Waals surface area contributed by atoms with E-state index >= 15 is 8.78 Å². The van der Waals surface area contributed by atoms with E-state index in [0.29, 0.717) is 45.1 Å². The van der Waals surface area contributed by atoms with Crippen LogP contribution in [0.1, 0.15) is 165 Å². The second kappa shape index (κ2) is 20.9. The van der Waals surface area contributed by atoms with E-state index in [4.69, 9.17) is 9.47 Å². The molecule has 438 valence electrons. The predicted octanol–water partition coefficient (Wildman–Crippen LogP) is 20.8. The number of halogens is 2. The second-order valence-electron chi connectivity index (χ2n) is 29.9. The molecule has 0 bridgehead atoms. The maximum Gasteiger partial charge on any atom is 0.147 e. The Bertz CT molecular complexity index is 3790. The Hall–Kier alpha value is -7.58. The number of hydrogen-bond donors (Lipinski definition) is 2. The summed E-state index contributed by atoms with van der Waals surface area (Å²) < 4.78 is 49.1. The van der Waals surface area contributed by atoms with Crippen molar-refractivity contribution in [1.82, 2.24) is 9.13 Å². The molecule has 8 heteroatoms. The van der Waals surface area contributed by atoms with Crippen molar-refractivity contribution in [3.05, 3.63) is 178 Å². The third kappa shape index (κ3) is 11.3. The van der Waals surface area contributed by atoms with Crippen molar-refractivity contribution in [3.8, 4) is 56.6 Å². The average Bonchev–Trinajstić information content (AvgIpc) is 2.29. The van der Waals surface area contributed by atoms with Crippen LogP contribution in [0.15, 0.2) is 133 Å². The second-order valence-corrected chi connectivity index (χ2v) is 29.9. The molecule has 10 rings (SSSR count). The highest BCUT2D eigenvalue weighted by Crippen LogP contribution is 2.49. The standard InChI is InChI=1S/C76H86F2N2O4/c1-44(42-83-67-30-24-51(77)40-57(67)59-36-49(75(14,15)16)38-65(69(59)81)79-61-26-20-45(71(2,3)4)32-53(61)54-33-46(72(5,6)7)21-27-62(54)79)43-84-68-31-25-52(78)41-58(68)60-37-50(76(17,18)19)39-66(70(60)82)80-63-28-22-47(73(8,9)10)34-55(63)56-35-48(74(11,12)13)23-29-64(56)80/h20-41,44,81-82H,42-43H2,1-19H3. The summed E-state index contributed by atoms with van der Waals surface area (Å²) in [5.41, 5.74) is 12.4. The van der Waals surface area contributed by atoms with E-state index in [9.17, 15) is 10.2 Å². The van der Waals surface area contributed by atoms with E-state index in [1.54, 1.807) is 12.1 Å². The Morgan fingerprint density at radius 2 is 0.619 bits per heavy atom. The van der Waals surface area contributed by atoms with E-state index in [2.05, 4.69) is 219 Å². The first-order valence-electron chi connectivity index (χ1n) is 29.8. The Kier molecular flexibility index (Phi) is 14.8. The van der Waals surface area contributed by atoms with Crippen molar-refractivity contribution in [2.24, 2.45) is 5.92 Å². The van der Waals surface area contributed by atoms with E-state index in [1.807, 2.05) is 19.1 Å². The number of rotatable bonds is 10. The number of phenols is 2. The summed E-state index contributed by atoms with van der Waals surface area (Å²) in [7, 11) is 0. The van der Waals surface area contributed by atoms with Gasteiger partial charge in [-0.25, -0.2) is 8.78 Å². The van der Waals surface area contributed by atoms with Crippen LogP contribution in [-0.4, -0.2) is 32.6 Å². The fourth-order valence-corrected chi connectivity index (χ4v) is 11.5. The van der Waals surface area contributed by atoms with Crippen LogP contribution >= 0.6 is 0 Å². The highest BCUT2D eigenvalue weighted by atomic mass is 19.1. The lowest BCUT2D eigenvalue weighted by Gasteiger charge is -2.25. The van der Waals surface area contributed by atoms with Crippen LogP contribution in [0.3, 0.4) is 0 Å². The highest BCUT2D eigenvalue weighted by molar-refractivity contribution is 6.11. The maximum atomic E-state index is 15.7. The largest absolute Gasteiger partial charge is 0.505 e. The zero-order valence-corrected chi connectivity index (χ0v) is 53.1. The molecule has 0 aliphatic heterocycles. The van der Waals surface area contributed by atoms with Crippen molar-refractivity contribution in [1.29, 1.82) is 0 Å². The van der Waals surface area contributed by atoms with Gasteiger partial charge in [0.05, 0.1) is 46.7 Å². The lowest BCUT2D eigenvalue weighted by atomic mass is 9.84. The third-order valence-corrected chi connectivity index (χ3v) is 16.9. The van der Waals surface area contributed by atoms with Crippen LogP contribution in [0.4, 0.5) is 8.78 Å². The van der Waals surface area contributed by atoms with E-state index in [-0.39, 0.29) is 63.1 Å². The number of aromatic hydroxyl groups is 2. The Labute approximate surface area is 497 Å². The van der Waals surface area contributed by atoms with Crippen LogP contribution in [0.25, 0.3) is 77.2 Å². The Balaban J connectivity index is 1.01. The Morgan fingerprint density at radius 3 is 0.881 bits per heavy atom. The van der Waals surface area contributed by atoms with Gasteiger partial charge < -0.3 is 28.8 Å². The van der Waals surface area contributed by atoms with Gasteiger partial charge in [-0.2, -0.15) is 0 Å². The summed E-state index contributed by atoms with van der Waals surface area (Å²) in [6.45, 7) is 41.8. The molecular weight excluding hydrogens is 1040 g/mol. The molecule has 0 unspecified atom stereocenters. The summed E-state index contributed by atoms with van der Waals surface area (Å²) in [6.07, 6.45) is 0. The number of phenolic OH excluding ortho intramolecular Hbond substituents is 2. The molecule has 0 saturated heterocycles. The minimum atomic E-state index is -0.467. The molecule has 0 aliphatic carbocycles. The van der Waals surface area contributed by atoms with Crippen LogP contribution in [0.2, 0.25) is 0 Å². The van der Waals surface area contributed by atoms with Gasteiger partial charge in [-0.3, -0.25) is 0 Å². The van der Waals surface area contributed by atoms with Crippen LogP contribution < -0.4 is 9.47 Å². The van der Waals surface area contributed by atoms with Gasteiger partial charge in [0.15, 0.2) is 0 Å². The molecule has 0 radical (unpaired) electrons. The zero-order chi connectivity index (χ0) is 61.1. The molecule has 0 saturated carbocycles. The van der Waals surface area contributed by atoms with Gasteiger partial charge in [0.25, 0.3) is 0 Å². The molecule has 2 aromatic heterocycles. The van der Waals surface area contributed by atoms with Gasteiger partial charge in [-0.05, 0) is 175 Å². The van der Waals surface area contributed by atoms with Gasteiger partial charge in [-0.1, -0.05) is 156 Å². The van der Waals surface area contributed by atoms with Gasteiger partial charge in [0, 0.05) is 49.7 Å². The summed E-state index contributed by atoms with van der Waals surface area (Å²) in [5, 5.41) is 29.9. The first-order chi connectivity index (χ1) is 39.0. The smallest absolute Gasteiger partial charge is 0.147 e. The Morgan fingerprint density at radius 1 is 0.345 bits per heavy atom. The minimum absolute atomic E-state index is 0.00158. The fourth-order valence-electron chi connectivity index (χ4n) is 11.5. The minimum Gasteiger partial charge on any atom is -0.505 e. The van der Waals surface area contributed by atoms with Crippen molar-refractivity contribution in [2.75, 3.05) is 13.2 Å². The number of nitrogens with zero attached hydrogens (tertiary/aromatic N) is 2. The van der Waals surface area contributed by atoms with Crippen LogP contribution in [-0.2, 0) is 32.5 Å². The molecule has 0 amide bonds. The van der Waals surface area contributed by atoms with Crippen molar-refractivity contribution in [3.63, 3.8) is 0 Å². The quantitative estimate of drug-likeness (QED) is 0.143. The molecule has 84 heavy (non-hydrogen) atoms. The fraction of sp³-hybridized carbons (Fsp3) is 0.368. The van der Waals surface area contributed by atoms with Gasteiger partial charge in [0.2, 0.25) is 0 Å². The predicted molar refractivity (Wildman–Crippen MR) is 348 cm³/mol. The molecule has 0 fully saturated rings. The van der Waals surface area contributed by atoms with Crippen molar-refractivity contribution < 1.29 is 28.5 Å². The number of hydrogen-bond acceptors (Lipinski definition) is 4. The molecule has 0 spiro atoms. The van der Waals surface area contributed by atoms with E-state index in [0.717, 1.165) is 54.7 Å². The number of fused-ring (bicyclic) bond motifs is 6. The third-order valence-electron chi connectivity index (χ3n) is 16.9. The summed E-state index contributed by atoms with van der Waals surface area (Å²) >= 11 is 0. The molecule has 8 aromatic carbocycles. The first kappa shape index (κ1) is 59.6. The molecule has 10 aromatic rings. The molecule has 2 heterocycles. The summed E-state index contributed by atoms with van der Waals surface area (Å²) in [6, 6.07) is 43.4. The van der Waals surface area contributed by atoms with Gasteiger partial charge >= 0.3 is 0 Å². The monoisotopic (exact) mass is 1130 g/mol. The first-order valence-corrected chi connectivity index (χ1v) is 29.8. The van der Waals surface area contributed by atoms with Gasteiger partial charge in [0.1, 0.15) is 34.6 Å². The molecule has 0 aliphatic rings. The lowest BCUT2D eigenvalue weighted by Crippen LogP contribution is -2.17. The lowest BCUT2D eigenvalue weighted by molar-refractivity contribution is 0.189. The topological polar surface area (TPSA) is 68.8 Å². The van der Waals surface area contributed by atoms with E-state index in [1.165, 1.54) is 46.5 Å². The summed E-state index contributed by atoms with van der Waals surface area (Å²) in [5.74, 6) is -0.372. The number of aromatic nitrogens is 2. The molecule has 2 N–H and O–H groups in total. The average molecular weight is 1130 g/mol. The van der Waals surface area contributed by atoms with Crippen molar-refractivity contribution >= 4 is 43.6 Å².